The first-order valence-corrected chi connectivity index (χ1v) is 4.00. The van der Waals surface area contributed by atoms with Crippen LogP contribution in [-0.4, -0.2) is 22.8 Å². The second-order valence-corrected chi connectivity index (χ2v) is 2.76. The van der Waals surface area contributed by atoms with Gasteiger partial charge in [-0.05, 0) is 17.7 Å². The van der Waals surface area contributed by atoms with E-state index in [4.69, 9.17) is 0 Å². The van der Waals surface area contributed by atoms with E-state index in [-0.39, 0.29) is 5.91 Å². The summed E-state index contributed by atoms with van der Waals surface area (Å²) in [6.45, 7) is 3.98. The summed E-state index contributed by atoms with van der Waals surface area (Å²) in [4.78, 5) is 16.7. The molecule has 13 heavy (non-hydrogen) atoms. The fraction of sp³-hybridized carbons (Fsp3) is 0.200. The maximum Gasteiger partial charge on any atom is 0.245 e. The molecule has 3 nitrogen and oxygen atoms in total. The van der Waals surface area contributed by atoms with Crippen LogP contribution < -0.4 is 0 Å². The lowest BCUT2D eigenvalue weighted by atomic mass is 10.3. The number of nitrogens with zero attached hydrogens (tertiary/aromatic N) is 2. The topological polar surface area (TPSA) is 33.2 Å². The van der Waals surface area contributed by atoms with E-state index in [1.54, 1.807) is 24.3 Å². The van der Waals surface area contributed by atoms with Crippen molar-refractivity contribution in [1.29, 1.82) is 0 Å². The molecule has 68 valence electrons. The van der Waals surface area contributed by atoms with Crippen molar-refractivity contribution in [2.75, 3.05) is 7.05 Å². The molecule has 0 aromatic carbocycles. The van der Waals surface area contributed by atoms with E-state index in [9.17, 15) is 4.79 Å². The van der Waals surface area contributed by atoms with Crippen LogP contribution in [0.25, 0.3) is 0 Å². The van der Waals surface area contributed by atoms with Gasteiger partial charge in [-0.2, -0.15) is 0 Å². The molecule has 0 atom stereocenters. The van der Waals surface area contributed by atoms with Crippen LogP contribution in [0, 0.1) is 0 Å². The Labute approximate surface area is 77.7 Å². The zero-order valence-electron chi connectivity index (χ0n) is 7.60. The Kier molecular flexibility index (Phi) is 3.20. The molecule has 1 amide bonds. The van der Waals surface area contributed by atoms with E-state index in [0.717, 1.165) is 5.56 Å². The highest BCUT2D eigenvalue weighted by Gasteiger charge is 2.03. The lowest BCUT2D eigenvalue weighted by Crippen LogP contribution is -2.23. The molecular weight excluding hydrogens is 164 g/mol. The Morgan fingerprint density at radius 2 is 2.54 bits per heavy atom. The molecule has 0 unspecified atom stereocenters. The van der Waals surface area contributed by atoms with Gasteiger partial charge in [0.25, 0.3) is 0 Å². The number of pyridine rings is 1. The molecule has 0 saturated heterocycles. The fourth-order valence-corrected chi connectivity index (χ4v) is 0.999. The zero-order valence-corrected chi connectivity index (χ0v) is 7.60. The van der Waals surface area contributed by atoms with Crippen LogP contribution in [0.15, 0.2) is 37.2 Å². The van der Waals surface area contributed by atoms with Gasteiger partial charge in [-0.3, -0.25) is 9.78 Å². The van der Waals surface area contributed by atoms with Crippen molar-refractivity contribution in [3.05, 3.63) is 42.7 Å². The average molecular weight is 176 g/mol. The highest BCUT2D eigenvalue weighted by atomic mass is 16.2. The molecule has 1 heterocycles. The minimum atomic E-state index is -0.0798. The summed E-state index contributed by atoms with van der Waals surface area (Å²) < 4.78 is 0. The van der Waals surface area contributed by atoms with Crippen LogP contribution in [0.4, 0.5) is 0 Å². The standard InChI is InChI=1S/C10H12N2O/c1-3-10(13)12(2)8-9-5-4-6-11-7-9/h3-7H,1,8H2,2H3. The predicted octanol–water partition coefficient (Wildman–Crippen LogP) is 1.23. The van der Waals surface area contributed by atoms with E-state index < -0.39 is 0 Å². The number of likely N-dealkylation sites (N-methyl/N-ethyl adjacent to an activating group) is 1. The first-order chi connectivity index (χ1) is 6.24. The number of amides is 1. The highest BCUT2D eigenvalue weighted by Crippen LogP contribution is 2.00. The van der Waals surface area contributed by atoms with E-state index >= 15 is 0 Å². The van der Waals surface area contributed by atoms with Crippen molar-refractivity contribution in [2.24, 2.45) is 0 Å². The van der Waals surface area contributed by atoms with Crippen molar-refractivity contribution in [3.8, 4) is 0 Å². The van der Waals surface area contributed by atoms with Gasteiger partial charge in [0.05, 0.1) is 0 Å². The second-order valence-electron chi connectivity index (χ2n) is 2.76. The quantitative estimate of drug-likeness (QED) is 0.649. The van der Waals surface area contributed by atoms with Gasteiger partial charge >= 0.3 is 0 Å². The SMILES string of the molecule is C=CC(=O)N(C)Cc1cccnc1. The summed E-state index contributed by atoms with van der Waals surface area (Å²) in [6, 6.07) is 3.78. The monoisotopic (exact) mass is 176 g/mol. The molecular formula is C10H12N2O. The number of rotatable bonds is 3. The largest absolute Gasteiger partial charge is 0.338 e. The molecule has 0 spiro atoms. The summed E-state index contributed by atoms with van der Waals surface area (Å²) in [6.07, 6.45) is 4.75. The molecule has 1 aromatic heterocycles. The van der Waals surface area contributed by atoms with Gasteiger partial charge in [-0.25, -0.2) is 0 Å². The Hall–Kier alpha value is -1.64. The molecule has 0 fully saturated rings. The molecule has 0 saturated carbocycles. The summed E-state index contributed by atoms with van der Waals surface area (Å²) in [5, 5.41) is 0. The molecule has 0 aliphatic carbocycles. The molecule has 0 bridgehead atoms. The van der Waals surface area contributed by atoms with Crippen molar-refractivity contribution >= 4 is 5.91 Å². The van der Waals surface area contributed by atoms with Crippen molar-refractivity contribution in [2.45, 2.75) is 6.54 Å². The van der Waals surface area contributed by atoms with Gasteiger partial charge in [0.15, 0.2) is 0 Å². The molecule has 1 aromatic rings. The molecule has 0 aliphatic heterocycles. The number of aromatic nitrogens is 1. The third-order valence-corrected chi connectivity index (χ3v) is 1.69. The van der Waals surface area contributed by atoms with E-state index in [2.05, 4.69) is 11.6 Å². The van der Waals surface area contributed by atoms with Crippen LogP contribution in [0.5, 0.6) is 0 Å². The summed E-state index contributed by atoms with van der Waals surface area (Å²) >= 11 is 0. The van der Waals surface area contributed by atoms with Crippen molar-refractivity contribution in [1.82, 2.24) is 9.88 Å². The van der Waals surface area contributed by atoms with Gasteiger partial charge < -0.3 is 4.90 Å². The Balaban J connectivity index is 2.60. The first kappa shape index (κ1) is 9.45. The van der Waals surface area contributed by atoms with Gasteiger partial charge in [0, 0.05) is 26.0 Å². The Bertz CT molecular complexity index is 295. The van der Waals surface area contributed by atoms with Crippen LogP contribution in [0.1, 0.15) is 5.56 Å². The van der Waals surface area contributed by atoms with Crippen LogP contribution in [-0.2, 0) is 11.3 Å². The molecule has 0 aliphatic rings. The minimum absolute atomic E-state index is 0.0798. The average Bonchev–Trinajstić information content (AvgIpc) is 2.18. The van der Waals surface area contributed by atoms with Gasteiger partial charge in [0.2, 0.25) is 5.91 Å². The van der Waals surface area contributed by atoms with Crippen LogP contribution >= 0.6 is 0 Å². The predicted molar refractivity (Wildman–Crippen MR) is 50.9 cm³/mol. The molecule has 3 heteroatoms. The van der Waals surface area contributed by atoms with E-state index in [0.29, 0.717) is 6.54 Å². The van der Waals surface area contributed by atoms with Crippen LogP contribution in [0.2, 0.25) is 0 Å². The smallest absolute Gasteiger partial charge is 0.245 e. The van der Waals surface area contributed by atoms with E-state index in [1.807, 2.05) is 12.1 Å². The normalized spacial score (nSPS) is 9.31. The fourth-order valence-electron chi connectivity index (χ4n) is 0.999. The maximum atomic E-state index is 11.1. The number of hydrogen-bond donors (Lipinski definition) is 0. The number of carbonyl (C=O) groups excluding carboxylic acids is 1. The van der Waals surface area contributed by atoms with Crippen molar-refractivity contribution in [3.63, 3.8) is 0 Å². The van der Waals surface area contributed by atoms with E-state index in [1.165, 1.54) is 6.08 Å². The van der Waals surface area contributed by atoms with Crippen molar-refractivity contribution < 1.29 is 4.79 Å². The molecule has 0 N–H and O–H groups in total. The number of carbonyl (C=O) groups is 1. The van der Waals surface area contributed by atoms with Gasteiger partial charge in [0.1, 0.15) is 0 Å². The third kappa shape index (κ3) is 2.71. The summed E-state index contributed by atoms with van der Waals surface area (Å²) in [7, 11) is 1.73. The number of hydrogen-bond acceptors (Lipinski definition) is 2. The molecule has 0 radical (unpaired) electrons. The van der Waals surface area contributed by atoms with Gasteiger partial charge in [-0.15, -0.1) is 0 Å². The lowest BCUT2D eigenvalue weighted by molar-refractivity contribution is -0.125. The zero-order chi connectivity index (χ0) is 9.68. The lowest BCUT2D eigenvalue weighted by Gasteiger charge is -2.14. The minimum Gasteiger partial charge on any atom is -0.338 e. The summed E-state index contributed by atoms with van der Waals surface area (Å²) in [5.41, 5.74) is 1.01. The highest BCUT2D eigenvalue weighted by molar-refractivity contribution is 5.86. The summed E-state index contributed by atoms with van der Waals surface area (Å²) in [5.74, 6) is -0.0798. The van der Waals surface area contributed by atoms with Crippen LogP contribution in [0.3, 0.4) is 0 Å². The molecule has 1 rings (SSSR count). The second kappa shape index (κ2) is 4.40. The Morgan fingerprint density at radius 1 is 1.77 bits per heavy atom. The van der Waals surface area contributed by atoms with Gasteiger partial charge in [-0.1, -0.05) is 12.6 Å². The Morgan fingerprint density at radius 3 is 3.08 bits per heavy atom. The third-order valence-electron chi connectivity index (χ3n) is 1.69. The maximum absolute atomic E-state index is 11.1. The first-order valence-electron chi connectivity index (χ1n) is 4.00.